The highest BCUT2D eigenvalue weighted by Gasteiger charge is 2.24. The zero-order chi connectivity index (χ0) is 16.6. The smallest absolute Gasteiger partial charge is 0.356 e. The van der Waals surface area contributed by atoms with Gasteiger partial charge in [-0.3, -0.25) is 10.1 Å². The Kier molecular flexibility index (Phi) is 3.46. The fraction of sp³-hybridized carbons (Fsp3) is 0.0625. The molecule has 0 aliphatic carbocycles. The van der Waals surface area contributed by atoms with Crippen LogP contribution in [0.4, 0.5) is 5.69 Å². The fourth-order valence-electron chi connectivity index (χ4n) is 2.51. The first-order chi connectivity index (χ1) is 11.0. The van der Waals surface area contributed by atoms with Crippen LogP contribution in [-0.4, -0.2) is 20.6 Å². The minimum Gasteiger partial charge on any atom is -0.476 e. The summed E-state index contributed by atoms with van der Waals surface area (Å²) in [6.45, 7) is 0. The summed E-state index contributed by atoms with van der Waals surface area (Å²) in [5.74, 6) is -1.08. The van der Waals surface area contributed by atoms with Gasteiger partial charge in [-0.2, -0.15) is 0 Å². The van der Waals surface area contributed by atoms with Crippen molar-refractivity contribution in [1.29, 1.82) is 0 Å². The third kappa shape index (κ3) is 2.38. The number of aromatic carboxylic acids is 1. The molecule has 7 nitrogen and oxygen atoms in total. The molecular weight excluding hydrogens is 300 g/mol. The van der Waals surface area contributed by atoms with E-state index in [1.54, 1.807) is 37.4 Å². The normalized spacial score (nSPS) is 10.7. The van der Waals surface area contributed by atoms with Crippen LogP contribution in [-0.2, 0) is 7.05 Å². The first kappa shape index (κ1) is 14.6. The summed E-state index contributed by atoms with van der Waals surface area (Å²) < 4.78 is 7.14. The van der Waals surface area contributed by atoms with Crippen molar-refractivity contribution in [2.75, 3.05) is 0 Å². The van der Waals surface area contributed by atoms with Gasteiger partial charge < -0.3 is 14.4 Å². The Morgan fingerprint density at radius 3 is 2.52 bits per heavy atom. The summed E-state index contributed by atoms with van der Waals surface area (Å²) in [5.41, 5.74) is 0.375. The molecule has 7 heteroatoms. The number of nitrogens with zero attached hydrogens (tertiary/aromatic N) is 2. The maximum Gasteiger partial charge on any atom is 0.356 e. The van der Waals surface area contributed by atoms with Crippen LogP contribution < -0.4 is 4.74 Å². The standard InChI is InChI=1S/C16H12N2O5/c1-17-11-7-3-2-6-10(11)15(14(17)16(19)20)23-13-9-5-4-8-12(13)18(21)22/h2-9H,1H3,(H,19,20). The van der Waals surface area contributed by atoms with Crippen molar-refractivity contribution < 1.29 is 19.6 Å². The van der Waals surface area contributed by atoms with E-state index in [-0.39, 0.29) is 22.9 Å². The van der Waals surface area contributed by atoms with E-state index in [0.717, 1.165) is 0 Å². The van der Waals surface area contributed by atoms with Gasteiger partial charge in [0.2, 0.25) is 5.75 Å². The second kappa shape index (κ2) is 5.45. The van der Waals surface area contributed by atoms with E-state index < -0.39 is 10.9 Å². The van der Waals surface area contributed by atoms with Crippen molar-refractivity contribution in [3.63, 3.8) is 0 Å². The Balaban J connectivity index is 2.23. The molecule has 0 atom stereocenters. The van der Waals surface area contributed by atoms with Crippen LogP contribution in [0.2, 0.25) is 0 Å². The van der Waals surface area contributed by atoms with E-state index >= 15 is 0 Å². The van der Waals surface area contributed by atoms with Crippen molar-refractivity contribution in [1.82, 2.24) is 4.57 Å². The molecule has 1 heterocycles. The van der Waals surface area contributed by atoms with Gasteiger partial charge in [0.05, 0.1) is 10.4 Å². The molecule has 0 aliphatic rings. The molecular formula is C16H12N2O5. The van der Waals surface area contributed by atoms with Gasteiger partial charge in [0.1, 0.15) is 0 Å². The van der Waals surface area contributed by atoms with Gasteiger partial charge in [-0.25, -0.2) is 4.79 Å². The summed E-state index contributed by atoms with van der Waals surface area (Å²) in [5, 5.41) is 21.1. The highest BCUT2D eigenvalue weighted by atomic mass is 16.6. The summed E-state index contributed by atoms with van der Waals surface area (Å²) in [7, 11) is 1.61. The molecule has 0 fully saturated rings. The minimum atomic E-state index is -1.17. The van der Waals surface area contributed by atoms with Gasteiger partial charge in [0.25, 0.3) is 0 Å². The minimum absolute atomic E-state index is 0.00338. The lowest BCUT2D eigenvalue weighted by Crippen LogP contribution is -2.06. The van der Waals surface area contributed by atoms with Crippen LogP contribution in [0.1, 0.15) is 10.5 Å². The lowest BCUT2D eigenvalue weighted by atomic mass is 10.2. The van der Waals surface area contributed by atoms with Gasteiger partial charge in [0.15, 0.2) is 11.4 Å². The van der Waals surface area contributed by atoms with Gasteiger partial charge in [-0.1, -0.05) is 24.3 Å². The molecule has 0 saturated carbocycles. The van der Waals surface area contributed by atoms with Crippen LogP contribution in [0.5, 0.6) is 11.5 Å². The molecule has 0 aliphatic heterocycles. The highest BCUT2D eigenvalue weighted by molar-refractivity contribution is 6.01. The number of benzene rings is 2. The molecule has 116 valence electrons. The summed E-state index contributed by atoms with van der Waals surface area (Å²) in [6, 6.07) is 12.9. The number of ether oxygens (including phenoxy) is 1. The second-order valence-electron chi connectivity index (χ2n) is 4.89. The number of hydrogen-bond acceptors (Lipinski definition) is 4. The lowest BCUT2D eigenvalue weighted by Gasteiger charge is -2.07. The molecule has 3 rings (SSSR count). The molecule has 3 aromatic rings. The summed E-state index contributed by atoms with van der Waals surface area (Å²) in [4.78, 5) is 22.1. The average molecular weight is 312 g/mol. The van der Waals surface area contributed by atoms with Gasteiger partial charge >= 0.3 is 11.7 Å². The van der Waals surface area contributed by atoms with Crippen molar-refractivity contribution in [2.45, 2.75) is 0 Å². The molecule has 0 saturated heterocycles. The summed E-state index contributed by atoms with van der Waals surface area (Å²) in [6.07, 6.45) is 0. The van der Waals surface area contributed by atoms with Crippen molar-refractivity contribution in [2.24, 2.45) is 7.05 Å². The van der Waals surface area contributed by atoms with E-state index in [0.29, 0.717) is 10.9 Å². The molecule has 0 bridgehead atoms. The molecule has 0 amide bonds. The van der Waals surface area contributed by atoms with Gasteiger partial charge in [-0.15, -0.1) is 0 Å². The van der Waals surface area contributed by atoms with Gasteiger partial charge in [-0.05, 0) is 18.2 Å². The first-order valence-electron chi connectivity index (χ1n) is 6.72. The zero-order valence-electron chi connectivity index (χ0n) is 12.1. The number of carbonyl (C=O) groups is 1. The Morgan fingerprint density at radius 1 is 1.17 bits per heavy atom. The highest BCUT2D eigenvalue weighted by Crippen LogP contribution is 2.38. The number of nitro groups is 1. The number of carboxylic acid groups (broad SMARTS) is 1. The number of rotatable bonds is 4. The lowest BCUT2D eigenvalue weighted by molar-refractivity contribution is -0.385. The Bertz CT molecular complexity index is 929. The quantitative estimate of drug-likeness (QED) is 0.587. The SMILES string of the molecule is Cn1c(C(=O)O)c(Oc2ccccc2[N+](=O)[O-])c2ccccc21. The van der Waals surface area contributed by atoms with E-state index in [1.165, 1.54) is 22.8 Å². The number of nitro benzene ring substituents is 1. The van der Waals surface area contributed by atoms with Crippen LogP contribution in [0.25, 0.3) is 10.9 Å². The molecule has 1 N–H and O–H groups in total. The monoisotopic (exact) mass is 312 g/mol. The Hall–Kier alpha value is -3.35. The number of aromatic nitrogens is 1. The van der Waals surface area contributed by atoms with Crippen molar-refractivity contribution in [3.8, 4) is 11.5 Å². The predicted molar refractivity (Wildman–Crippen MR) is 83.0 cm³/mol. The number of fused-ring (bicyclic) bond motifs is 1. The molecule has 0 radical (unpaired) electrons. The number of aryl methyl sites for hydroxylation is 1. The largest absolute Gasteiger partial charge is 0.476 e. The summed E-state index contributed by atoms with van der Waals surface area (Å²) >= 11 is 0. The maximum absolute atomic E-state index is 11.6. The number of carboxylic acids is 1. The van der Waals surface area contributed by atoms with E-state index in [2.05, 4.69) is 0 Å². The third-order valence-electron chi connectivity index (χ3n) is 3.54. The number of hydrogen-bond donors (Lipinski definition) is 1. The van der Waals surface area contributed by atoms with E-state index in [9.17, 15) is 20.0 Å². The Morgan fingerprint density at radius 2 is 1.83 bits per heavy atom. The van der Waals surface area contributed by atoms with Crippen LogP contribution in [0, 0.1) is 10.1 Å². The predicted octanol–water partition coefficient (Wildman–Crippen LogP) is 3.58. The van der Waals surface area contributed by atoms with Crippen LogP contribution in [0.3, 0.4) is 0 Å². The van der Waals surface area contributed by atoms with E-state index in [1.807, 2.05) is 0 Å². The molecule has 1 aromatic heterocycles. The van der Waals surface area contributed by atoms with Crippen LogP contribution in [0.15, 0.2) is 48.5 Å². The van der Waals surface area contributed by atoms with Crippen LogP contribution >= 0.6 is 0 Å². The maximum atomic E-state index is 11.6. The molecule has 23 heavy (non-hydrogen) atoms. The third-order valence-corrected chi connectivity index (χ3v) is 3.54. The molecule has 0 spiro atoms. The van der Waals surface area contributed by atoms with Crippen molar-refractivity contribution in [3.05, 3.63) is 64.3 Å². The van der Waals surface area contributed by atoms with Crippen molar-refractivity contribution >= 4 is 22.6 Å². The topological polar surface area (TPSA) is 94.6 Å². The molecule has 0 unspecified atom stereocenters. The molecule has 2 aromatic carbocycles. The first-order valence-corrected chi connectivity index (χ1v) is 6.72. The fourth-order valence-corrected chi connectivity index (χ4v) is 2.51. The second-order valence-corrected chi connectivity index (χ2v) is 4.89. The Labute approximate surface area is 130 Å². The average Bonchev–Trinajstić information content (AvgIpc) is 2.81. The number of para-hydroxylation sites is 3. The van der Waals surface area contributed by atoms with Gasteiger partial charge in [0, 0.05) is 18.5 Å². The van der Waals surface area contributed by atoms with E-state index in [4.69, 9.17) is 4.74 Å². The zero-order valence-corrected chi connectivity index (χ0v) is 12.1.